The average Bonchev–Trinajstić information content (AvgIpc) is 2.89. The number of allylic oxidation sites excluding steroid dienone is 2. The van der Waals surface area contributed by atoms with Gasteiger partial charge < -0.3 is 10.3 Å². The molecule has 0 radical (unpaired) electrons. The summed E-state index contributed by atoms with van der Waals surface area (Å²) in [6.07, 6.45) is -7.39. The molecule has 148 valence electrons. The van der Waals surface area contributed by atoms with Crippen molar-refractivity contribution in [3.8, 4) is 0 Å². The fraction of sp³-hybridized carbons (Fsp3) is 0.412. The molecule has 0 bridgehead atoms. The summed E-state index contributed by atoms with van der Waals surface area (Å²) < 4.78 is 78.0. The molecule has 1 N–H and O–H groups in total. The fourth-order valence-electron chi connectivity index (χ4n) is 3.02. The van der Waals surface area contributed by atoms with Crippen molar-refractivity contribution >= 4 is 11.6 Å². The van der Waals surface area contributed by atoms with Crippen molar-refractivity contribution in [2.24, 2.45) is 0 Å². The van der Waals surface area contributed by atoms with E-state index in [0.29, 0.717) is 30.2 Å². The highest BCUT2D eigenvalue weighted by Crippen LogP contribution is 2.37. The van der Waals surface area contributed by atoms with Gasteiger partial charge in [-0.2, -0.15) is 26.3 Å². The number of hydrogen-bond donors (Lipinski definition) is 1. The fourth-order valence-corrected chi connectivity index (χ4v) is 3.34. The van der Waals surface area contributed by atoms with Gasteiger partial charge in [-0.3, -0.25) is 5.01 Å². The topological polar surface area (TPSA) is 18.5 Å². The molecule has 2 aliphatic heterocycles. The summed E-state index contributed by atoms with van der Waals surface area (Å²) in [5, 5.41) is 2.31. The monoisotopic (exact) mass is 411 g/mol. The lowest BCUT2D eigenvalue weighted by Crippen LogP contribution is -2.41. The number of hydrogen-bond acceptors (Lipinski definition) is 3. The average molecular weight is 412 g/mol. The van der Waals surface area contributed by atoms with Gasteiger partial charge in [-0.25, -0.2) is 0 Å². The quantitative estimate of drug-likeness (QED) is 0.701. The smallest absolute Gasteiger partial charge is 0.369 e. The van der Waals surface area contributed by atoms with Crippen LogP contribution in [0.3, 0.4) is 0 Å². The standard InChI is InChI=1S/C17H16ClF6N3/c1-2-13-15(18)14-9-26(3-4-27(14)25-13)8-10-5-11(16(19,20)21)7-12(6-10)17(22,23)24/h5-7,9,25H,2-4,8H2,1H3. The molecule has 2 heterocycles. The first kappa shape index (κ1) is 19.7. The SMILES string of the molecule is CCC1=C(Cl)C2=CN(Cc3cc(C(F)(F)F)cc(C(F)(F)F)c3)CCN2N1. The van der Waals surface area contributed by atoms with E-state index in [-0.39, 0.29) is 18.2 Å². The molecule has 0 fully saturated rings. The van der Waals surface area contributed by atoms with Gasteiger partial charge in [0.1, 0.15) is 0 Å². The maximum atomic E-state index is 13.0. The van der Waals surface area contributed by atoms with Crippen molar-refractivity contribution in [1.29, 1.82) is 0 Å². The maximum absolute atomic E-state index is 13.0. The Bertz CT molecular complexity index is 765. The zero-order chi connectivity index (χ0) is 20.0. The number of hydrazine groups is 1. The number of halogens is 7. The molecule has 10 heteroatoms. The lowest BCUT2D eigenvalue weighted by atomic mass is 10.0. The van der Waals surface area contributed by atoms with E-state index in [4.69, 9.17) is 11.6 Å². The third kappa shape index (κ3) is 4.12. The van der Waals surface area contributed by atoms with Gasteiger partial charge in [0.05, 0.1) is 34.1 Å². The third-order valence-corrected chi connectivity index (χ3v) is 4.77. The molecule has 0 saturated carbocycles. The minimum atomic E-state index is -4.86. The van der Waals surface area contributed by atoms with E-state index in [1.54, 1.807) is 11.1 Å². The van der Waals surface area contributed by atoms with Crippen LogP contribution in [0.1, 0.15) is 30.0 Å². The van der Waals surface area contributed by atoms with Crippen LogP contribution >= 0.6 is 11.6 Å². The Morgan fingerprint density at radius 2 is 1.59 bits per heavy atom. The second-order valence-electron chi connectivity index (χ2n) is 6.31. The molecule has 0 aromatic heterocycles. The van der Waals surface area contributed by atoms with Crippen LogP contribution in [-0.4, -0.2) is 23.0 Å². The first-order valence-corrected chi connectivity index (χ1v) is 8.54. The van der Waals surface area contributed by atoms with Crippen LogP contribution in [0.15, 0.2) is 40.8 Å². The number of alkyl halides is 6. The van der Waals surface area contributed by atoms with E-state index in [2.05, 4.69) is 5.43 Å². The van der Waals surface area contributed by atoms with Crippen LogP contribution in [-0.2, 0) is 18.9 Å². The van der Waals surface area contributed by atoms with E-state index in [1.165, 1.54) is 0 Å². The van der Waals surface area contributed by atoms with E-state index in [0.717, 1.165) is 17.8 Å². The molecule has 0 atom stereocenters. The molecule has 0 saturated heterocycles. The van der Waals surface area contributed by atoms with Gasteiger partial charge in [-0.15, -0.1) is 0 Å². The van der Waals surface area contributed by atoms with Crippen LogP contribution in [0, 0.1) is 0 Å². The van der Waals surface area contributed by atoms with Crippen LogP contribution in [0.5, 0.6) is 0 Å². The zero-order valence-corrected chi connectivity index (χ0v) is 14.9. The maximum Gasteiger partial charge on any atom is 0.416 e. The number of rotatable bonds is 3. The van der Waals surface area contributed by atoms with Gasteiger partial charge in [0.25, 0.3) is 0 Å². The van der Waals surface area contributed by atoms with E-state index in [9.17, 15) is 26.3 Å². The highest BCUT2D eigenvalue weighted by Gasteiger charge is 2.37. The number of nitrogens with zero attached hydrogens (tertiary/aromatic N) is 2. The number of fused-ring (bicyclic) bond motifs is 1. The van der Waals surface area contributed by atoms with Crippen LogP contribution in [0.25, 0.3) is 0 Å². The molecule has 1 aromatic rings. The summed E-state index contributed by atoms with van der Waals surface area (Å²) in [7, 11) is 0. The van der Waals surface area contributed by atoms with E-state index >= 15 is 0 Å². The van der Waals surface area contributed by atoms with Crippen molar-refractivity contribution < 1.29 is 26.3 Å². The molecule has 0 amide bonds. The Kier molecular flexibility index (Phi) is 5.00. The molecule has 0 unspecified atom stereocenters. The summed E-state index contributed by atoms with van der Waals surface area (Å²) >= 11 is 6.27. The second kappa shape index (κ2) is 6.85. The lowest BCUT2D eigenvalue weighted by molar-refractivity contribution is -0.143. The Morgan fingerprint density at radius 1 is 1.00 bits per heavy atom. The van der Waals surface area contributed by atoms with E-state index in [1.807, 2.05) is 11.9 Å². The Balaban J connectivity index is 1.91. The Labute approximate surface area is 156 Å². The van der Waals surface area contributed by atoms with Crippen LogP contribution in [0.2, 0.25) is 0 Å². The van der Waals surface area contributed by atoms with Gasteiger partial charge >= 0.3 is 12.4 Å². The molecule has 0 aliphatic carbocycles. The van der Waals surface area contributed by atoms with E-state index < -0.39 is 23.5 Å². The highest BCUT2D eigenvalue weighted by molar-refractivity contribution is 6.32. The van der Waals surface area contributed by atoms with Crippen molar-refractivity contribution in [2.45, 2.75) is 32.2 Å². The van der Waals surface area contributed by atoms with Crippen LogP contribution in [0.4, 0.5) is 26.3 Å². The molecule has 1 aromatic carbocycles. The summed E-state index contributed by atoms with van der Waals surface area (Å²) in [5.41, 5.74) is 1.91. The third-order valence-electron chi connectivity index (χ3n) is 4.35. The largest absolute Gasteiger partial charge is 0.416 e. The first-order valence-electron chi connectivity index (χ1n) is 8.16. The summed E-state index contributed by atoms with van der Waals surface area (Å²) in [4.78, 5) is 1.66. The van der Waals surface area contributed by atoms with Gasteiger partial charge in [-0.1, -0.05) is 18.5 Å². The van der Waals surface area contributed by atoms with Crippen molar-refractivity contribution in [3.63, 3.8) is 0 Å². The summed E-state index contributed by atoms with van der Waals surface area (Å²) in [5.74, 6) is 0. The highest BCUT2D eigenvalue weighted by atomic mass is 35.5. The molecular weight excluding hydrogens is 396 g/mol. The molecule has 3 nitrogen and oxygen atoms in total. The minimum Gasteiger partial charge on any atom is -0.369 e. The van der Waals surface area contributed by atoms with Gasteiger partial charge in [-0.05, 0) is 30.2 Å². The first-order chi connectivity index (χ1) is 12.5. The van der Waals surface area contributed by atoms with Crippen molar-refractivity contribution in [2.75, 3.05) is 13.1 Å². The molecule has 27 heavy (non-hydrogen) atoms. The molecular formula is C17H16ClF6N3. The predicted octanol–water partition coefficient (Wildman–Crippen LogP) is 5.06. The Hall–Kier alpha value is -2.03. The van der Waals surface area contributed by atoms with Gasteiger partial charge in [0.15, 0.2) is 0 Å². The lowest BCUT2D eigenvalue weighted by Gasteiger charge is -2.33. The van der Waals surface area contributed by atoms with Crippen LogP contribution < -0.4 is 5.43 Å². The second-order valence-corrected chi connectivity index (χ2v) is 6.69. The Morgan fingerprint density at radius 3 is 2.11 bits per heavy atom. The number of benzene rings is 1. The molecule has 2 aliphatic rings. The summed E-state index contributed by atoms with van der Waals surface area (Å²) in [6.45, 7) is 2.75. The predicted molar refractivity (Wildman–Crippen MR) is 88.0 cm³/mol. The zero-order valence-electron chi connectivity index (χ0n) is 14.2. The normalized spacial score (nSPS) is 17.9. The van der Waals surface area contributed by atoms with Crippen molar-refractivity contribution in [3.05, 3.63) is 57.5 Å². The van der Waals surface area contributed by atoms with Crippen molar-refractivity contribution in [1.82, 2.24) is 15.3 Å². The van der Waals surface area contributed by atoms with Gasteiger partial charge in [0.2, 0.25) is 0 Å². The molecule has 3 rings (SSSR count). The minimum absolute atomic E-state index is 0.0655. The molecule has 0 spiro atoms. The van der Waals surface area contributed by atoms with Gasteiger partial charge in [0, 0.05) is 19.3 Å². The summed E-state index contributed by atoms with van der Waals surface area (Å²) in [6, 6.07) is 1.64. The number of nitrogens with one attached hydrogen (secondary N) is 1.